The van der Waals surface area contributed by atoms with E-state index in [1.807, 2.05) is 6.92 Å². The molecule has 0 heterocycles. The molecule has 1 aromatic carbocycles. The van der Waals surface area contributed by atoms with Crippen molar-refractivity contribution in [1.82, 2.24) is 4.72 Å². The van der Waals surface area contributed by atoms with Gasteiger partial charge in [0, 0.05) is 25.2 Å². The van der Waals surface area contributed by atoms with E-state index >= 15 is 0 Å². The summed E-state index contributed by atoms with van der Waals surface area (Å²) in [6.07, 6.45) is 0.688. The molecule has 112 valence electrons. The minimum atomic E-state index is -3.64. The number of nitrogens with one attached hydrogen (secondary N) is 2. The Morgan fingerprint density at radius 3 is 2.60 bits per heavy atom. The van der Waals surface area contributed by atoms with Crippen LogP contribution in [0.25, 0.3) is 0 Å². The van der Waals surface area contributed by atoms with Gasteiger partial charge in [-0.25, -0.2) is 13.1 Å². The van der Waals surface area contributed by atoms with Crippen molar-refractivity contribution >= 4 is 21.6 Å². The summed E-state index contributed by atoms with van der Waals surface area (Å²) in [7, 11) is -3.64. The second-order valence-electron chi connectivity index (χ2n) is 4.68. The summed E-state index contributed by atoms with van der Waals surface area (Å²) in [6, 6.07) is 4.53. The maximum absolute atomic E-state index is 12.2. The molecule has 7 heteroatoms. The SMILES string of the molecule is CCC(N)CNS(=O)(=O)c1cc(NC(C)=O)ccc1C. The van der Waals surface area contributed by atoms with Gasteiger partial charge in [-0.05, 0) is 31.0 Å². The van der Waals surface area contributed by atoms with E-state index in [-0.39, 0.29) is 23.4 Å². The number of rotatable bonds is 6. The maximum atomic E-state index is 12.2. The number of benzene rings is 1. The first-order valence-corrected chi connectivity index (χ1v) is 7.88. The van der Waals surface area contributed by atoms with Crippen molar-refractivity contribution in [1.29, 1.82) is 0 Å². The predicted molar refractivity (Wildman–Crippen MR) is 78.9 cm³/mol. The molecule has 0 spiro atoms. The van der Waals surface area contributed by atoms with Crippen molar-refractivity contribution in [2.75, 3.05) is 11.9 Å². The second kappa shape index (κ2) is 6.83. The van der Waals surface area contributed by atoms with E-state index in [1.54, 1.807) is 19.1 Å². The molecule has 0 saturated carbocycles. The Balaban J connectivity index is 3.01. The largest absolute Gasteiger partial charge is 0.327 e. The van der Waals surface area contributed by atoms with Crippen molar-refractivity contribution < 1.29 is 13.2 Å². The predicted octanol–water partition coefficient (Wildman–Crippen LogP) is 0.969. The second-order valence-corrected chi connectivity index (χ2v) is 6.42. The zero-order valence-electron chi connectivity index (χ0n) is 11.9. The van der Waals surface area contributed by atoms with Crippen LogP contribution < -0.4 is 15.8 Å². The molecule has 0 saturated heterocycles. The molecule has 0 bridgehead atoms. The number of carbonyl (C=O) groups excluding carboxylic acids is 1. The van der Waals surface area contributed by atoms with E-state index in [2.05, 4.69) is 10.0 Å². The van der Waals surface area contributed by atoms with Crippen molar-refractivity contribution in [3.8, 4) is 0 Å². The lowest BCUT2D eigenvalue weighted by molar-refractivity contribution is -0.114. The number of amides is 1. The van der Waals surface area contributed by atoms with Crippen molar-refractivity contribution in [2.24, 2.45) is 5.73 Å². The minimum Gasteiger partial charge on any atom is -0.327 e. The van der Waals surface area contributed by atoms with Gasteiger partial charge < -0.3 is 11.1 Å². The number of nitrogens with two attached hydrogens (primary N) is 1. The van der Waals surface area contributed by atoms with E-state index in [1.165, 1.54) is 13.0 Å². The fraction of sp³-hybridized carbons (Fsp3) is 0.462. The Morgan fingerprint density at radius 2 is 2.05 bits per heavy atom. The smallest absolute Gasteiger partial charge is 0.240 e. The molecule has 20 heavy (non-hydrogen) atoms. The van der Waals surface area contributed by atoms with E-state index in [0.29, 0.717) is 17.7 Å². The minimum absolute atomic E-state index is 0.145. The lowest BCUT2D eigenvalue weighted by Crippen LogP contribution is -2.36. The third-order valence-corrected chi connectivity index (χ3v) is 4.42. The normalized spacial score (nSPS) is 13.0. The molecule has 1 amide bonds. The fourth-order valence-corrected chi connectivity index (χ4v) is 2.97. The first-order valence-electron chi connectivity index (χ1n) is 6.39. The lowest BCUT2D eigenvalue weighted by atomic mass is 10.2. The number of aryl methyl sites for hydroxylation is 1. The van der Waals surface area contributed by atoms with Gasteiger partial charge in [-0.3, -0.25) is 4.79 Å². The summed E-state index contributed by atoms with van der Waals surface area (Å²) in [5, 5.41) is 2.56. The Labute approximate surface area is 119 Å². The number of sulfonamides is 1. The van der Waals surface area contributed by atoms with E-state index in [9.17, 15) is 13.2 Å². The quantitative estimate of drug-likeness (QED) is 0.728. The van der Waals surface area contributed by atoms with Crippen LogP contribution in [0.4, 0.5) is 5.69 Å². The molecule has 1 aromatic rings. The van der Waals surface area contributed by atoms with E-state index < -0.39 is 10.0 Å². The van der Waals surface area contributed by atoms with Crippen molar-refractivity contribution in [2.45, 2.75) is 38.1 Å². The molecule has 0 fully saturated rings. The van der Waals surface area contributed by atoms with Crippen molar-refractivity contribution in [3.05, 3.63) is 23.8 Å². The van der Waals surface area contributed by atoms with Gasteiger partial charge in [0.25, 0.3) is 0 Å². The van der Waals surface area contributed by atoms with Crippen LogP contribution in [-0.2, 0) is 14.8 Å². The molecular formula is C13H21N3O3S. The van der Waals surface area contributed by atoms with Crippen LogP contribution >= 0.6 is 0 Å². The van der Waals surface area contributed by atoms with Gasteiger partial charge in [-0.2, -0.15) is 0 Å². The summed E-state index contributed by atoms with van der Waals surface area (Å²) in [5.74, 6) is -0.252. The van der Waals surface area contributed by atoms with E-state index in [0.717, 1.165) is 0 Å². The fourth-order valence-electron chi connectivity index (χ4n) is 1.61. The highest BCUT2D eigenvalue weighted by Gasteiger charge is 2.18. The molecule has 0 aliphatic rings. The van der Waals surface area contributed by atoms with Crippen LogP contribution in [0.5, 0.6) is 0 Å². The number of hydrogen-bond acceptors (Lipinski definition) is 4. The zero-order valence-corrected chi connectivity index (χ0v) is 12.8. The van der Waals surface area contributed by atoms with Crippen LogP contribution in [0.3, 0.4) is 0 Å². The highest BCUT2D eigenvalue weighted by atomic mass is 32.2. The van der Waals surface area contributed by atoms with Crippen LogP contribution in [0.2, 0.25) is 0 Å². The summed E-state index contributed by atoms with van der Waals surface area (Å²) in [5.41, 5.74) is 6.76. The van der Waals surface area contributed by atoms with Crippen LogP contribution in [-0.4, -0.2) is 26.9 Å². The third-order valence-electron chi connectivity index (χ3n) is 2.86. The van der Waals surface area contributed by atoms with Gasteiger partial charge >= 0.3 is 0 Å². The molecule has 1 rings (SSSR count). The third kappa shape index (κ3) is 4.59. The van der Waals surface area contributed by atoms with Gasteiger partial charge in [0.2, 0.25) is 15.9 Å². The molecule has 4 N–H and O–H groups in total. The average molecular weight is 299 g/mol. The first kappa shape index (κ1) is 16.6. The summed E-state index contributed by atoms with van der Waals surface area (Å²) in [4.78, 5) is 11.2. The highest BCUT2D eigenvalue weighted by Crippen LogP contribution is 2.20. The molecule has 1 unspecified atom stereocenters. The monoisotopic (exact) mass is 299 g/mol. The Bertz CT molecular complexity index is 585. The zero-order chi connectivity index (χ0) is 15.3. The summed E-state index contributed by atoms with van der Waals surface area (Å²) in [6.45, 7) is 5.14. The number of hydrogen-bond donors (Lipinski definition) is 3. The summed E-state index contributed by atoms with van der Waals surface area (Å²) >= 11 is 0. The van der Waals surface area contributed by atoms with Gasteiger partial charge in [0.05, 0.1) is 4.90 Å². The lowest BCUT2D eigenvalue weighted by Gasteiger charge is -2.13. The Morgan fingerprint density at radius 1 is 1.40 bits per heavy atom. The van der Waals surface area contributed by atoms with Gasteiger partial charge in [0.15, 0.2) is 0 Å². The maximum Gasteiger partial charge on any atom is 0.240 e. The van der Waals surface area contributed by atoms with E-state index in [4.69, 9.17) is 5.73 Å². The summed E-state index contributed by atoms with van der Waals surface area (Å²) < 4.78 is 26.9. The van der Waals surface area contributed by atoms with Crippen LogP contribution in [0.15, 0.2) is 23.1 Å². The van der Waals surface area contributed by atoms with Crippen LogP contribution in [0, 0.1) is 6.92 Å². The number of carbonyl (C=O) groups is 1. The van der Waals surface area contributed by atoms with Crippen LogP contribution in [0.1, 0.15) is 25.8 Å². The molecular weight excluding hydrogens is 278 g/mol. The highest BCUT2D eigenvalue weighted by molar-refractivity contribution is 7.89. The molecule has 0 radical (unpaired) electrons. The molecule has 0 aliphatic heterocycles. The average Bonchev–Trinajstić information content (AvgIpc) is 2.37. The molecule has 0 aliphatic carbocycles. The first-order chi connectivity index (χ1) is 9.26. The Kier molecular flexibility index (Phi) is 5.67. The molecule has 6 nitrogen and oxygen atoms in total. The Hall–Kier alpha value is -1.44. The van der Waals surface area contributed by atoms with Gasteiger partial charge in [0.1, 0.15) is 0 Å². The topological polar surface area (TPSA) is 101 Å². The standard InChI is InChI=1S/C13H21N3O3S/c1-4-11(14)8-15-20(18,19)13-7-12(16-10(3)17)6-5-9(13)2/h5-7,11,15H,4,8,14H2,1-3H3,(H,16,17). The molecule has 0 aromatic heterocycles. The van der Waals surface area contributed by atoms with Gasteiger partial charge in [-0.1, -0.05) is 13.0 Å². The van der Waals surface area contributed by atoms with Gasteiger partial charge in [-0.15, -0.1) is 0 Å². The van der Waals surface area contributed by atoms with Crippen molar-refractivity contribution in [3.63, 3.8) is 0 Å². The molecule has 1 atom stereocenters. The number of anilines is 1.